The molecule has 0 N–H and O–H groups in total. The molecule has 1 aromatic rings. The molecule has 1 aliphatic rings. The van der Waals surface area contributed by atoms with Gasteiger partial charge < -0.3 is 9.47 Å². The topological polar surface area (TPSA) is 18.5 Å². The molecule has 1 aliphatic heterocycles. The Kier molecular flexibility index (Phi) is 2.60. The molecule has 0 atom stereocenters. The van der Waals surface area contributed by atoms with Crippen LogP contribution >= 0.6 is 12.4 Å². The van der Waals surface area contributed by atoms with Crippen molar-refractivity contribution < 1.29 is 9.47 Å². The van der Waals surface area contributed by atoms with Gasteiger partial charge in [-0.3, -0.25) is 0 Å². The van der Waals surface area contributed by atoms with Crippen LogP contribution in [-0.2, 0) is 0 Å². The third kappa shape index (κ3) is 1.57. The molecule has 1 aromatic carbocycles. The Bertz CT molecular complexity index is 212. The molecule has 0 radical (unpaired) electrons. The molecular formula is C8H9ClO2. The first-order valence-corrected chi connectivity index (χ1v) is 3.31. The number of fused-ring (bicyclic) bond motifs is 1. The van der Waals surface area contributed by atoms with Gasteiger partial charge in [0.2, 0.25) is 0 Å². The molecule has 0 spiro atoms. The number of para-hydroxylation sites is 2. The van der Waals surface area contributed by atoms with Gasteiger partial charge >= 0.3 is 0 Å². The second kappa shape index (κ2) is 3.49. The maximum Gasteiger partial charge on any atom is 0.161 e. The van der Waals surface area contributed by atoms with Crippen LogP contribution in [0.15, 0.2) is 24.3 Å². The van der Waals surface area contributed by atoms with Gasteiger partial charge in [-0.2, -0.15) is 0 Å². The predicted molar refractivity (Wildman–Crippen MR) is 44.7 cm³/mol. The van der Waals surface area contributed by atoms with Crippen LogP contribution in [0.3, 0.4) is 0 Å². The molecule has 1 heterocycles. The van der Waals surface area contributed by atoms with E-state index in [-0.39, 0.29) is 12.4 Å². The minimum atomic E-state index is 0. The fraction of sp³-hybridized carbons (Fsp3) is 0.250. The summed E-state index contributed by atoms with van der Waals surface area (Å²) in [6.07, 6.45) is 0. The second-order valence-corrected chi connectivity index (χ2v) is 2.14. The van der Waals surface area contributed by atoms with E-state index in [1.165, 1.54) is 0 Å². The Morgan fingerprint density at radius 2 is 1.36 bits per heavy atom. The molecule has 0 fully saturated rings. The summed E-state index contributed by atoms with van der Waals surface area (Å²) in [7, 11) is 0. The molecule has 0 unspecified atom stereocenters. The number of halogens is 1. The van der Waals surface area contributed by atoms with Gasteiger partial charge in [-0.1, -0.05) is 12.1 Å². The molecule has 0 aromatic heterocycles. The third-order valence-corrected chi connectivity index (χ3v) is 1.45. The highest BCUT2D eigenvalue weighted by Crippen LogP contribution is 2.28. The van der Waals surface area contributed by atoms with E-state index in [4.69, 9.17) is 9.47 Å². The summed E-state index contributed by atoms with van der Waals surface area (Å²) in [5.41, 5.74) is 0. The van der Waals surface area contributed by atoms with E-state index in [1.807, 2.05) is 24.3 Å². The zero-order valence-electron chi connectivity index (χ0n) is 5.95. The quantitative estimate of drug-likeness (QED) is 0.595. The number of rotatable bonds is 0. The lowest BCUT2D eigenvalue weighted by atomic mass is 10.3. The van der Waals surface area contributed by atoms with Crippen molar-refractivity contribution in [3.63, 3.8) is 0 Å². The highest BCUT2D eigenvalue weighted by atomic mass is 35.5. The van der Waals surface area contributed by atoms with E-state index >= 15 is 0 Å². The smallest absolute Gasteiger partial charge is 0.161 e. The summed E-state index contributed by atoms with van der Waals surface area (Å²) in [4.78, 5) is 0. The Morgan fingerprint density at radius 1 is 0.909 bits per heavy atom. The van der Waals surface area contributed by atoms with Gasteiger partial charge in [0.1, 0.15) is 13.2 Å². The van der Waals surface area contributed by atoms with E-state index in [2.05, 4.69) is 0 Å². The van der Waals surface area contributed by atoms with Gasteiger partial charge in [0.05, 0.1) is 0 Å². The van der Waals surface area contributed by atoms with Crippen molar-refractivity contribution in [3.8, 4) is 11.5 Å². The van der Waals surface area contributed by atoms with Gasteiger partial charge in [-0.15, -0.1) is 12.4 Å². The first-order chi connectivity index (χ1) is 4.97. The molecule has 2 rings (SSSR count). The number of ether oxygens (including phenoxy) is 2. The first kappa shape index (κ1) is 8.21. The minimum absolute atomic E-state index is 0. The Labute approximate surface area is 71.5 Å². The van der Waals surface area contributed by atoms with Crippen molar-refractivity contribution in [1.82, 2.24) is 0 Å². The van der Waals surface area contributed by atoms with Gasteiger partial charge in [0.15, 0.2) is 11.5 Å². The molecule has 0 bridgehead atoms. The Hall–Kier alpha value is -0.890. The molecule has 0 saturated carbocycles. The van der Waals surface area contributed by atoms with Crippen LogP contribution in [0.2, 0.25) is 0 Å². The van der Waals surface area contributed by atoms with E-state index in [9.17, 15) is 0 Å². The van der Waals surface area contributed by atoms with Crippen LogP contribution in [0.4, 0.5) is 0 Å². The van der Waals surface area contributed by atoms with E-state index in [1.54, 1.807) is 0 Å². The fourth-order valence-electron chi connectivity index (χ4n) is 0.992. The summed E-state index contributed by atoms with van der Waals surface area (Å²) in [6, 6.07) is 7.70. The van der Waals surface area contributed by atoms with Crippen LogP contribution in [-0.4, -0.2) is 13.2 Å². The minimum Gasteiger partial charge on any atom is -0.486 e. The first-order valence-electron chi connectivity index (χ1n) is 3.31. The standard InChI is InChI=1S/C8H8O2.ClH/c1-2-4-8-7(3-1)9-5-6-10-8;/h1-4H,5-6H2;1H. The van der Waals surface area contributed by atoms with Crippen LogP contribution in [0.25, 0.3) is 0 Å². The highest BCUT2D eigenvalue weighted by molar-refractivity contribution is 5.85. The highest BCUT2D eigenvalue weighted by Gasteiger charge is 2.07. The van der Waals surface area contributed by atoms with Crippen molar-refractivity contribution in [2.45, 2.75) is 0 Å². The zero-order chi connectivity index (χ0) is 6.81. The van der Waals surface area contributed by atoms with E-state index in [0.717, 1.165) is 11.5 Å². The Morgan fingerprint density at radius 3 is 1.82 bits per heavy atom. The van der Waals surface area contributed by atoms with Crippen LogP contribution in [0.1, 0.15) is 0 Å². The average molecular weight is 173 g/mol. The maximum absolute atomic E-state index is 5.30. The lowest BCUT2D eigenvalue weighted by Gasteiger charge is -2.17. The molecular weight excluding hydrogens is 164 g/mol. The largest absolute Gasteiger partial charge is 0.486 e. The fourth-order valence-corrected chi connectivity index (χ4v) is 0.992. The third-order valence-electron chi connectivity index (χ3n) is 1.45. The monoisotopic (exact) mass is 172 g/mol. The second-order valence-electron chi connectivity index (χ2n) is 2.14. The summed E-state index contributed by atoms with van der Waals surface area (Å²) in [5.74, 6) is 1.71. The van der Waals surface area contributed by atoms with Crippen molar-refractivity contribution in [1.29, 1.82) is 0 Å². The van der Waals surface area contributed by atoms with E-state index in [0.29, 0.717) is 13.2 Å². The number of hydrogen-bond donors (Lipinski definition) is 0. The van der Waals surface area contributed by atoms with Crippen molar-refractivity contribution in [2.24, 2.45) is 0 Å². The molecule has 2 nitrogen and oxygen atoms in total. The van der Waals surface area contributed by atoms with Crippen LogP contribution in [0, 0.1) is 0 Å². The van der Waals surface area contributed by atoms with Crippen molar-refractivity contribution >= 4 is 12.4 Å². The van der Waals surface area contributed by atoms with Crippen molar-refractivity contribution in [3.05, 3.63) is 24.3 Å². The molecule has 11 heavy (non-hydrogen) atoms. The maximum atomic E-state index is 5.30. The van der Waals surface area contributed by atoms with Crippen LogP contribution < -0.4 is 9.47 Å². The van der Waals surface area contributed by atoms with Crippen molar-refractivity contribution in [2.75, 3.05) is 13.2 Å². The Balaban J connectivity index is 0.000000605. The average Bonchev–Trinajstić information content (AvgIpc) is 2.05. The van der Waals surface area contributed by atoms with Gasteiger partial charge in [0, 0.05) is 0 Å². The normalized spacial score (nSPS) is 13.5. The summed E-state index contributed by atoms with van der Waals surface area (Å²) in [5, 5.41) is 0. The predicted octanol–water partition coefficient (Wildman–Crippen LogP) is 1.88. The summed E-state index contributed by atoms with van der Waals surface area (Å²) in [6.45, 7) is 1.33. The molecule has 60 valence electrons. The van der Waals surface area contributed by atoms with Gasteiger partial charge in [-0.25, -0.2) is 0 Å². The summed E-state index contributed by atoms with van der Waals surface area (Å²) >= 11 is 0. The number of benzene rings is 1. The lowest BCUT2D eigenvalue weighted by molar-refractivity contribution is 0.171. The zero-order valence-corrected chi connectivity index (χ0v) is 6.76. The molecule has 0 aliphatic carbocycles. The molecule has 0 saturated heterocycles. The molecule has 0 amide bonds. The SMILES string of the molecule is Cl.c1ccc2c(c1)OCCO2. The van der Waals surface area contributed by atoms with Crippen LogP contribution in [0.5, 0.6) is 11.5 Å². The lowest BCUT2D eigenvalue weighted by Crippen LogP contribution is -2.14. The number of hydrogen-bond acceptors (Lipinski definition) is 2. The molecule has 3 heteroatoms. The summed E-state index contributed by atoms with van der Waals surface area (Å²) < 4.78 is 10.6. The van der Waals surface area contributed by atoms with E-state index < -0.39 is 0 Å². The van der Waals surface area contributed by atoms with Gasteiger partial charge in [-0.05, 0) is 12.1 Å². The van der Waals surface area contributed by atoms with Gasteiger partial charge in [0.25, 0.3) is 0 Å².